The van der Waals surface area contributed by atoms with E-state index in [0.29, 0.717) is 15.4 Å². The van der Waals surface area contributed by atoms with Gasteiger partial charge in [0.2, 0.25) is 10.0 Å². The number of rotatable bonds is 4. The Morgan fingerprint density at radius 1 is 1.20 bits per heavy atom. The van der Waals surface area contributed by atoms with Gasteiger partial charge in [-0.25, -0.2) is 8.42 Å². The number of alkyl halides is 3. The Balaban J connectivity index is 3.39. The van der Waals surface area contributed by atoms with Crippen molar-refractivity contribution in [1.82, 2.24) is 4.31 Å². The number of benzene rings is 1. The first-order chi connectivity index (χ1) is 9.00. The molecule has 0 bridgehead atoms. The lowest BCUT2D eigenvalue weighted by molar-refractivity contribution is -0.135. The number of nitrogen functional groups attached to an aromatic ring is 1. The molecule has 0 amide bonds. The first-order valence-electron chi connectivity index (χ1n) is 5.93. The molecule has 2 N–H and O–H groups in total. The summed E-state index contributed by atoms with van der Waals surface area (Å²) >= 11 is 0. The molecule has 4 nitrogen and oxygen atoms in total. The molecule has 0 spiro atoms. The molecular formula is C12H17F3N2O2S. The Labute approximate surface area is 116 Å². The van der Waals surface area contributed by atoms with Gasteiger partial charge in [-0.15, -0.1) is 0 Å². The molecule has 1 aromatic carbocycles. The number of hydrogen-bond acceptors (Lipinski definition) is 3. The van der Waals surface area contributed by atoms with Gasteiger partial charge in [-0.1, -0.05) is 19.1 Å². The molecule has 1 aromatic rings. The van der Waals surface area contributed by atoms with E-state index in [1.165, 1.54) is 19.9 Å². The molecule has 0 unspecified atom stereocenters. The van der Waals surface area contributed by atoms with Gasteiger partial charge in [0.05, 0.1) is 5.69 Å². The summed E-state index contributed by atoms with van der Waals surface area (Å²) in [5, 5.41) is 0. The van der Waals surface area contributed by atoms with E-state index in [1.807, 2.05) is 0 Å². The van der Waals surface area contributed by atoms with Gasteiger partial charge in [0.25, 0.3) is 0 Å². The fraction of sp³-hybridized carbons (Fsp3) is 0.500. The second kappa shape index (κ2) is 5.61. The van der Waals surface area contributed by atoms with E-state index in [-0.39, 0.29) is 17.1 Å². The van der Waals surface area contributed by atoms with Gasteiger partial charge in [0, 0.05) is 6.54 Å². The minimum atomic E-state index is -4.60. The van der Waals surface area contributed by atoms with Crippen LogP contribution in [-0.2, 0) is 10.0 Å². The van der Waals surface area contributed by atoms with E-state index in [1.54, 1.807) is 13.0 Å². The van der Waals surface area contributed by atoms with E-state index in [0.717, 1.165) is 0 Å². The van der Waals surface area contributed by atoms with Gasteiger partial charge in [-0.2, -0.15) is 17.5 Å². The lowest BCUT2D eigenvalue weighted by Gasteiger charge is -2.24. The minimum absolute atomic E-state index is 0.00868. The van der Waals surface area contributed by atoms with E-state index >= 15 is 0 Å². The smallest absolute Gasteiger partial charge is 0.397 e. The number of anilines is 1. The highest BCUT2D eigenvalue weighted by Crippen LogP contribution is 2.30. The Morgan fingerprint density at radius 3 is 2.15 bits per heavy atom. The summed E-state index contributed by atoms with van der Waals surface area (Å²) in [6, 6.07) is 3.16. The Bertz CT molecular complexity index is 597. The third-order valence-corrected chi connectivity index (χ3v) is 5.04. The SMILES string of the molecule is CCN(CC(F)(F)F)S(=O)(=O)c1c(C)ccc(C)c1N. The summed E-state index contributed by atoms with van der Waals surface area (Å²) in [6.07, 6.45) is -4.60. The van der Waals surface area contributed by atoms with Gasteiger partial charge in [-0.3, -0.25) is 0 Å². The molecule has 0 aliphatic heterocycles. The standard InChI is InChI=1S/C12H17F3N2O2S/c1-4-17(7-12(13,14)15)20(18,19)11-9(3)6-5-8(2)10(11)16/h5-6H,4,7,16H2,1-3H3. The van der Waals surface area contributed by atoms with Crippen LogP contribution in [0.5, 0.6) is 0 Å². The Morgan fingerprint density at radius 2 is 1.70 bits per heavy atom. The molecule has 0 fully saturated rings. The monoisotopic (exact) mass is 310 g/mol. The minimum Gasteiger partial charge on any atom is -0.397 e. The van der Waals surface area contributed by atoms with E-state index in [4.69, 9.17) is 5.73 Å². The second-order valence-corrected chi connectivity index (χ2v) is 6.36. The molecule has 0 heterocycles. The van der Waals surface area contributed by atoms with Crippen molar-refractivity contribution in [2.75, 3.05) is 18.8 Å². The maximum atomic E-state index is 12.5. The topological polar surface area (TPSA) is 63.4 Å². The normalized spacial score (nSPS) is 12.9. The molecule has 0 radical (unpaired) electrons. The predicted molar refractivity (Wildman–Crippen MR) is 70.8 cm³/mol. The van der Waals surface area contributed by atoms with Gasteiger partial charge < -0.3 is 5.73 Å². The van der Waals surface area contributed by atoms with Crippen molar-refractivity contribution in [2.45, 2.75) is 31.8 Å². The van der Waals surface area contributed by atoms with E-state index in [9.17, 15) is 21.6 Å². The molecule has 0 aliphatic carbocycles. The van der Waals surface area contributed by atoms with E-state index < -0.39 is 22.7 Å². The Hall–Kier alpha value is -1.28. The van der Waals surface area contributed by atoms with Crippen LogP contribution in [-0.4, -0.2) is 32.0 Å². The highest BCUT2D eigenvalue weighted by atomic mass is 32.2. The zero-order valence-electron chi connectivity index (χ0n) is 11.5. The van der Waals surface area contributed by atoms with Gasteiger partial charge in [0.15, 0.2) is 0 Å². The maximum Gasteiger partial charge on any atom is 0.402 e. The van der Waals surface area contributed by atoms with Crippen LogP contribution in [0.4, 0.5) is 18.9 Å². The summed E-state index contributed by atoms with van der Waals surface area (Å²) in [4.78, 5) is -0.247. The van der Waals surface area contributed by atoms with E-state index in [2.05, 4.69) is 0 Å². The number of nitrogens with two attached hydrogens (primary N) is 1. The van der Waals surface area contributed by atoms with Crippen molar-refractivity contribution in [1.29, 1.82) is 0 Å². The Kier molecular flexibility index (Phi) is 4.70. The summed E-state index contributed by atoms with van der Waals surface area (Å²) in [6.45, 7) is 2.65. The van der Waals surface area contributed by atoms with Crippen molar-refractivity contribution < 1.29 is 21.6 Å². The molecule has 114 valence electrons. The number of halogens is 3. The van der Waals surface area contributed by atoms with Crippen LogP contribution in [0.25, 0.3) is 0 Å². The molecule has 1 rings (SSSR count). The van der Waals surface area contributed by atoms with Crippen molar-refractivity contribution in [3.05, 3.63) is 23.3 Å². The summed E-state index contributed by atoms with van der Waals surface area (Å²) in [7, 11) is -4.28. The molecule has 20 heavy (non-hydrogen) atoms. The quantitative estimate of drug-likeness (QED) is 0.869. The molecule has 0 aliphatic rings. The fourth-order valence-electron chi connectivity index (χ4n) is 1.85. The van der Waals surface area contributed by atoms with Gasteiger partial charge >= 0.3 is 6.18 Å². The van der Waals surface area contributed by atoms with Crippen LogP contribution in [0, 0.1) is 13.8 Å². The average molecular weight is 310 g/mol. The molecule has 0 aromatic heterocycles. The first-order valence-corrected chi connectivity index (χ1v) is 7.37. The predicted octanol–water partition coefficient (Wildman–Crippen LogP) is 2.46. The first kappa shape index (κ1) is 16.8. The lowest BCUT2D eigenvalue weighted by atomic mass is 10.1. The van der Waals surface area contributed by atoms with Crippen LogP contribution >= 0.6 is 0 Å². The maximum absolute atomic E-state index is 12.5. The zero-order chi connectivity index (χ0) is 15.7. The van der Waals surface area contributed by atoms with Crippen molar-refractivity contribution in [2.24, 2.45) is 0 Å². The number of sulfonamides is 1. The summed E-state index contributed by atoms with van der Waals surface area (Å²) < 4.78 is 62.6. The summed E-state index contributed by atoms with van der Waals surface area (Å²) in [5.74, 6) is 0. The van der Waals surface area contributed by atoms with Crippen LogP contribution in [0.1, 0.15) is 18.1 Å². The third-order valence-electron chi connectivity index (χ3n) is 2.92. The summed E-state index contributed by atoms with van der Waals surface area (Å²) in [5.41, 5.74) is 6.57. The largest absolute Gasteiger partial charge is 0.402 e. The van der Waals surface area contributed by atoms with Crippen LogP contribution in [0.3, 0.4) is 0 Å². The molecular weight excluding hydrogens is 293 g/mol. The number of hydrogen-bond donors (Lipinski definition) is 1. The third kappa shape index (κ3) is 3.43. The van der Waals surface area contributed by atoms with Crippen LogP contribution in [0.15, 0.2) is 17.0 Å². The second-order valence-electron chi connectivity index (χ2n) is 4.49. The number of aryl methyl sites for hydroxylation is 2. The van der Waals surface area contributed by atoms with Crippen molar-refractivity contribution >= 4 is 15.7 Å². The number of nitrogens with zero attached hydrogens (tertiary/aromatic N) is 1. The molecule has 0 saturated heterocycles. The fourth-order valence-corrected chi connectivity index (χ4v) is 3.67. The molecule has 0 saturated carbocycles. The van der Waals surface area contributed by atoms with Crippen molar-refractivity contribution in [3.8, 4) is 0 Å². The highest BCUT2D eigenvalue weighted by Gasteiger charge is 2.37. The van der Waals surface area contributed by atoms with Crippen LogP contribution in [0.2, 0.25) is 0 Å². The zero-order valence-corrected chi connectivity index (χ0v) is 12.3. The lowest BCUT2D eigenvalue weighted by Crippen LogP contribution is -2.39. The molecule has 0 atom stereocenters. The average Bonchev–Trinajstić information content (AvgIpc) is 2.29. The van der Waals surface area contributed by atoms with Gasteiger partial charge in [0.1, 0.15) is 11.4 Å². The van der Waals surface area contributed by atoms with Crippen molar-refractivity contribution in [3.63, 3.8) is 0 Å². The van der Waals surface area contributed by atoms with Crippen LogP contribution < -0.4 is 5.73 Å². The molecule has 8 heteroatoms. The van der Waals surface area contributed by atoms with Gasteiger partial charge in [-0.05, 0) is 25.0 Å². The highest BCUT2D eigenvalue weighted by molar-refractivity contribution is 7.89.